The van der Waals surface area contributed by atoms with Crippen LogP contribution in [0.1, 0.15) is 0 Å². The van der Waals surface area contributed by atoms with Crippen LogP contribution in [0.3, 0.4) is 0 Å². The number of aromatic amines is 1. The highest BCUT2D eigenvalue weighted by Crippen LogP contribution is 2.30. The van der Waals surface area contributed by atoms with Crippen LogP contribution < -0.4 is 0 Å². The summed E-state index contributed by atoms with van der Waals surface area (Å²) < 4.78 is 4.67. The van der Waals surface area contributed by atoms with Crippen molar-refractivity contribution < 1.29 is 9.53 Å². The molecule has 0 atom stereocenters. The van der Waals surface area contributed by atoms with E-state index in [0.717, 1.165) is 27.3 Å². The van der Waals surface area contributed by atoms with Crippen LogP contribution in [0.2, 0.25) is 0 Å². The van der Waals surface area contributed by atoms with Crippen molar-refractivity contribution in [3.63, 3.8) is 0 Å². The summed E-state index contributed by atoms with van der Waals surface area (Å²) in [7, 11) is 1.39. The summed E-state index contributed by atoms with van der Waals surface area (Å²) in [4.78, 5) is 24.2. The Balaban J connectivity index is 1.96. The fourth-order valence-electron chi connectivity index (χ4n) is 1.97. The minimum atomic E-state index is -0.247. The Morgan fingerprint density at radius 2 is 2.19 bits per heavy atom. The van der Waals surface area contributed by atoms with Crippen LogP contribution in [0, 0.1) is 0 Å². The normalized spacial score (nSPS) is 10.7. The van der Waals surface area contributed by atoms with Crippen LogP contribution in [0.15, 0.2) is 47.6 Å². The van der Waals surface area contributed by atoms with Crippen LogP contribution in [0.25, 0.3) is 22.4 Å². The largest absolute Gasteiger partial charge is 0.468 e. The highest BCUT2D eigenvalue weighted by Gasteiger charge is 2.11. The number of rotatable bonds is 4. The van der Waals surface area contributed by atoms with E-state index in [-0.39, 0.29) is 11.7 Å². The van der Waals surface area contributed by atoms with Gasteiger partial charge in [0.2, 0.25) is 0 Å². The van der Waals surface area contributed by atoms with E-state index in [9.17, 15) is 4.79 Å². The second kappa shape index (κ2) is 5.97. The van der Waals surface area contributed by atoms with E-state index in [4.69, 9.17) is 0 Å². The first-order chi connectivity index (χ1) is 10.3. The van der Waals surface area contributed by atoms with E-state index in [1.165, 1.54) is 18.9 Å². The highest BCUT2D eigenvalue weighted by atomic mass is 32.2. The van der Waals surface area contributed by atoms with Crippen LogP contribution in [-0.2, 0) is 9.53 Å². The molecule has 0 radical (unpaired) electrons. The van der Waals surface area contributed by atoms with Crippen molar-refractivity contribution in [2.24, 2.45) is 0 Å². The smallest absolute Gasteiger partial charge is 0.315 e. The van der Waals surface area contributed by atoms with Crippen molar-refractivity contribution in [2.75, 3.05) is 12.9 Å². The number of H-pyrrole nitrogens is 1. The summed E-state index contributed by atoms with van der Waals surface area (Å²) in [5.74, 6) is 0.796. The molecule has 0 saturated heterocycles. The summed E-state index contributed by atoms with van der Waals surface area (Å²) in [5, 5.41) is 0. The minimum absolute atomic E-state index is 0.247. The van der Waals surface area contributed by atoms with Gasteiger partial charge in [-0.25, -0.2) is 4.98 Å². The number of fused-ring (bicyclic) bond motifs is 1. The standard InChI is InChI=1S/C15H13N3O2S/c1-20-14(19)9-21-13-5-3-2-4-10(13)15-17-11-6-7-16-8-12(11)18-15/h2-8H,9H2,1H3,(H,17,18). The molecule has 0 aliphatic heterocycles. The molecule has 0 amide bonds. The fourth-order valence-corrected chi connectivity index (χ4v) is 2.85. The molecule has 3 rings (SSSR count). The zero-order valence-electron chi connectivity index (χ0n) is 11.4. The molecule has 0 aliphatic rings. The molecule has 1 N–H and O–H groups in total. The van der Waals surface area contributed by atoms with Gasteiger partial charge in [-0.1, -0.05) is 18.2 Å². The van der Waals surface area contributed by atoms with E-state index in [1.54, 1.807) is 12.4 Å². The van der Waals surface area contributed by atoms with Crippen molar-refractivity contribution >= 4 is 28.8 Å². The predicted molar refractivity (Wildman–Crippen MR) is 82.1 cm³/mol. The first kappa shape index (κ1) is 13.6. The quantitative estimate of drug-likeness (QED) is 0.592. The van der Waals surface area contributed by atoms with Gasteiger partial charge in [0.1, 0.15) is 5.82 Å². The number of benzene rings is 1. The summed E-state index contributed by atoms with van der Waals surface area (Å²) in [6.45, 7) is 0. The number of aromatic nitrogens is 3. The van der Waals surface area contributed by atoms with E-state index in [0.29, 0.717) is 0 Å². The highest BCUT2D eigenvalue weighted by molar-refractivity contribution is 8.00. The van der Waals surface area contributed by atoms with Gasteiger partial charge in [0, 0.05) is 16.7 Å². The number of thioether (sulfide) groups is 1. The summed E-state index contributed by atoms with van der Waals surface area (Å²) in [5.41, 5.74) is 2.72. The third-order valence-corrected chi connectivity index (χ3v) is 4.05. The van der Waals surface area contributed by atoms with Gasteiger partial charge in [-0.2, -0.15) is 0 Å². The molecular weight excluding hydrogens is 286 g/mol. The molecule has 0 bridgehead atoms. The number of carbonyl (C=O) groups is 1. The zero-order chi connectivity index (χ0) is 14.7. The molecule has 21 heavy (non-hydrogen) atoms. The first-order valence-electron chi connectivity index (χ1n) is 6.36. The Morgan fingerprint density at radius 3 is 3.00 bits per heavy atom. The summed E-state index contributed by atoms with van der Waals surface area (Å²) in [6, 6.07) is 9.69. The second-order valence-corrected chi connectivity index (χ2v) is 5.36. The molecule has 6 heteroatoms. The lowest BCUT2D eigenvalue weighted by Crippen LogP contribution is -2.03. The predicted octanol–water partition coefficient (Wildman–Crippen LogP) is 2.89. The van der Waals surface area contributed by atoms with Gasteiger partial charge in [-0.05, 0) is 12.1 Å². The number of nitrogens with zero attached hydrogens (tertiary/aromatic N) is 2. The number of esters is 1. The van der Waals surface area contributed by atoms with Crippen molar-refractivity contribution in [3.05, 3.63) is 42.7 Å². The minimum Gasteiger partial charge on any atom is -0.468 e. The lowest BCUT2D eigenvalue weighted by Gasteiger charge is -2.06. The number of hydrogen-bond donors (Lipinski definition) is 1. The molecule has 2 heterocycles. The number of hydrogen-bond acceptors (Lipinski definition) is 5. The second-order valence-electron chi connectivity index (χ2n) is 4.34. The number of carbonyl (C=O) groups excluding carboxylic acids is 1. The Bertz CT molecular complexity index is 752. The number of ether oxygens (including phenoxy) is 1. The van der Waals surface area contributed by atoms with E-state index < -0.39 is 0 Å². The molecule has 1 aromatic carbocycles. The van der Waals surface area contributed by atoms with Gasteiger partial charge in [0.15, 0.2) is 0 Å². The fraction of sp³-hybridized carbons (Fsp3) is 0.133. The van der Waals surface area contributed by atoms with E-state index in [2.05, 4.69) is 19.7 Å². The van der Waals surface area contributed by atoms with Gasteiger partial charge in [-0.15, -0.1) is 11.8 Å². The molecule has 0 unspecified atom stereocenters. The maximum Gasteiger partial charge on any atom is 0.315 e. The van der Waals surface area contributed by atoms with Crippen LogP contribution in [-0.4, -0.2) is 33.8 Å². The first-order valence-corrected chi connectivity index (χ1v) is 7.35. The molecule has 106 valence electrons. The Kier molecular flexibility index (Phi) is 3.87. The third kappa shape index (κ3) is 2.90. The summed E-state index contributed by atoms with van der Waals surface area (Å²) in [6.07, 6.45) is 3.46. The van der Waals surface area contributed by atoms with Gasteiger partial charge in [0.05, 0.1) is 30.1 Å². The van der Waals surface area contributed by atoms with Crippen LogP contribution in [0.5, 0.6) is 0 Å². The SMILES string of the molecule is COC(=O)CSc1ccccc1-c1nc2ccncc2[nH]1. The number of imidazole rings is 1. The van der Waals surface area contributed by atoms with Crippen LogP contribution in [0.4, 0.5) is 0 Å². The number of pyridine rings is 1. The molecule has 0 fully saturated rings. The molecule has 0 spiro atoms. The van der Waals surface area contributed by atoms with Crippen LogP contribution >= 0.6 is 11.8 Å². The average molecular weight is 299 g/mol. The molecule has 2 aromatic heterocycles. The maximum absolute atomic E-state index is 11.3. The Labute approximate surface area is 125 Å². The molecule has 0 saturated carbocycles. The topological polar surface area (TPSA) is 67.9 Å². The summed E-state index contributed by atoms with van der Waals surface area (Å²) >= 11 is 1.43. The van der Waals surface area contributed by atoms with Gasteiger partial charge < -0.3 is 9.72 Å². The third-order valence-electron chi connectivity index (χ3n) is 3.00. The van der Waals surface area contributed by atoms with Crippen molar-refractivity contribution in [2.45, 2.75) is 4.90 Å². The molecular formula is C15H13N3O2S. The van der Waals surface area contributed by atoms with Gasteiger partial charge >= 0.3 is 5.97 Å². The Morgan fingerprint density at radius 1 is 1.33 bits per heavy atom. The maximum atomic E-state index is 11.3. The van der Waals surface area contributed by atoms with Gasteiger partial charge in [0.25, 0.3) is 0 Å². The van der Waals surface area contributed by atoms with Gasteiger partial charge in [-0.3, -0.25) is 9.78 Å². The number of methoxy groups -OCH3 is 1. The number of nitrogens with one attached hydrogen (secondary N) is 1. The zero-order valence-corrected chi connectivity index (χ0v) is 12.2. The van der Waals surface area contributed by atoms with Crippen molar-refractivity contribution in [3.8, 4) is 11.4 Å². The molecule has 5 nitrogen and oxygen atoms in total. The average Bonchev–Trinajstić information content (AvgIpc) is 2.96. The molecule has 3 aromatic rings. The lowest BCUT2D eigenvalue weighted by atomic mass is 10.2. The molecule has 0 aliphatic carbocycles. The Hall–Kier alpha value is -2.34. The lowest BCUT2D eigenvalue weighted by molar-refractivity contribution is -0.137. The van der Waals surface area contributed by atoms with Crippen molar-refractivity contribution in [1.82, 2.24) is 15.0 Å². The van der Waals surface area contributed by atoms with E-state index >= 15 is 0 Å². The van der Waals surface area contributed by atoms with E-state index in [1.807, 2.05) is 30.3 Å². The monoisotopic (exact) mass is 299 g/mol. The van der Waals surface area contributed by atoms with Crippen molar-refractivity contribution in [1.29, 1.82) is 0 Å².